The Kier molecular flexibility index (Phi) is 8.35. The van der Waals surface area contributed by atoms with Crippen LogP contribution in [-0.2, 0) is 9.47 Å². The molecule has 1 aromatic carbocycles. The van der Waals surface area contributed by atoms with Crippen LogP contribution in [0.3, 0.4) is 0 Å². The number of benzene rings is 1. The minimum atomic E-state index is 0.0946. The van der Waals surface area contributed by atoms with E-state index in [0.717, 1.165) is 17.9 Å². The van der Waals surface area contributed by atoms with Gasteiger partial charge in [-0.15, -0.1) is 0 Å². The molecule has 2 unspecified atom stereocenters. The van der Waals surface area contributed by atoms with Gasteiger partial charge in [0.25, 0.3) is 0 Å². The first-order valence-corrected chi connectivity index (χ1v) is 7.62. The second-order valence-electron chi connectivity index (χ2n) is 5.36. The van der Waals surface area contributed by atoms with E-state index in [4.69, 9.17) is 14.2 Å². The third kappa shape index (κ3) is 5.30. The number of methoxy groups -OCH3 is 2. The molecule has 0 spiro atoms. The van der Waals surface area contributed by atoms with E-state index in [1.807, 2.05) is 18.2 Å². The van der Waals surface area contributed by atoms with Crippen molar-refractivity contribution >= 4 is 0 Å². The van der Waals surface area contributed by atoms with Gasteiger partial charge in [0, 0.05) is 19.8 Å². The zero-order chi connectivity index (χ0) is 15.7. The molecular formula is C17H29NO3. The molecular weight excluding hydrogens is 266 g/mol. The number of hydrogen-bond donors (Lipinski definition) is 1. The van der Waals surface area contributed by atoms with Gasteiger partial charge < -0.3 is 19.5 Å². The van der Waals surface area contributed by atoms with Crippen molar-refractivity contribution in [3.8, 4) is 5.75 Å². The molecule has 0 aliphatic heterocycles. The zero-order valence-corrected chi connectivity index (χ0v) is 13.9. The SMILES string of the molecule is CCNC(c1ccccc1OCCOC)C(OC)C(C)C. The van der Waals surface area contributed by atoms with Crippen LogP contribution in [0.1, 0.15) is 32.4 Å². The summed E-state index contributed by atoms with van der Waals surface area (Å²) in [5.74, 6) is 1.30. The van der Waals surface area contributed by atoms with Crippen molar-refractivity contribution in [2.45, 2.75) is 32.9 Å². The van der Waals surface area contributed by atoms with Crippen LogP contribution in [0.4, 0.5) is 0 Å². The van der Waals surface area contributed by atoms with Crippen LogP contribution in [0.5, 0.6) is 5.75 Å². The topological polar surface area (TPSA) is 39.7 Å². The average Bonchev–Trinajstić information content (AvgIpc) is 2.48. The number of ether oxygens (including phenoxy) is 3. The van der Waals surface area contributed by atoms with Gasteiger partial charge in [0.2, 0.25) is 0 Å². The van der Waals surface area contributed by atoms with Crippen molar-refractivity contribution in [2.24, 2.45) is 5.92 Å². The maximum absolute atomic E-state index is 5.86. The summed E-state index contributed by atoms with van der Waals surface area (Å²) in [6.07, 6.45) is 0.0946. The van der Waals surface area contributed by atoms with Crippen molar-refractivity contribution in [1.29, 1.82) is 0 Å². The molecule has 4 nitrogen and oxygen atoms in total. The Balaban J connectivity index is 3.00. The minimum Gasteiger partial charge on any atom is -0.491 e. The Labute approximate surface area is 128 Å². The van der Waals surface area contributed by atoms with E-state index in [1.165, 1.54) is 0 Å². The highest BCUT2D eigenvalue weighted by atomic mass is 16.5. The second kappa shape index (κ2) is 9.77. The van der Waals surface area contributed by atoms with Gasteiger partial charge in [-0.05, 0) is 18.5 Å². The molecule has 1 N–H and O–H groups in total. The highest BCUT2D eigenvalue weighted by molar-refractivity contribution is 5.36. The predicted octanol–water partition coefficient (Wildman–Crippen LogP) is 3.03. The molecule has 1 aromatic rings. The maximum atomic E-state index is 5.86. The van der Waals surface area contributed by atoms with Crippen LogP contribution in [-0.4, -0.2) is 40.1 Å². The Morgan fingerprint density at radius 3 is 2.38 bits per heavy atom. The lowest BCUT2D eigenvalue weighted by molar-refractivity contribution is 0.0320. The third-order valence-corrected chi connectivity index (χ3v) is 3.48. The van der Waals surface area contributed by atoms with Crippen molar-refractivity contribution in [1.82, 2.24) is 5.32 Å². The minimum absolute atomic E-state index is 0.0946. The van der Waals surface area contributed by atoms with Crippen LogP contribution in [0.15, 0.2) is 24.3 Å². The zero-order valence-electron chi connectivity index (χ0n) is 13.9. The van der Waals surface area contributed by atoms with Gasteiger partial charge >= 0.3 is 0 Å². The van der Waals surface area contributed by atoms with E-state index < -0.39 is 0 Å². The highest BCUT2D eigenvalue weighted by Crippen LogP contribution is 2.31. The van der Waals surface area contributed by atoms with Crippen LogP contribution in [0.25, 0.3) is 0 Å². The lowest BCUT2D eigenvalue weighted by Gasteiger charge is -2.31. The summed E-state index contributed by atoms with van der Waals surface area (Å²) in [4.78, 5) is 0. The van der Waals surface area contributed by atoms with Crippen LogP contribution in [0.2, 0.25) is 0 Å². The standard InChI is InChI=1S/C17H29NO3/c1-6-18-16(17(20-5)13(2)3)14-9-7-8-10-15(14)21-12-11-19-4/h7-10,13,16-18H,6,11-12H2,1-5H3. The Bertz CT molecular complexity index is 395. The van der Waals surface area contributed by atoms with Gasteiger partial charge in [-0.1, -0.05) is 39.0 Å². The van der Waals surface area contributed by atoms with E-state index in [2.05, 4.69) is 32.2 Å². The molecule has 0 amide bonds. The molecule has 0 aromatic heterocycles. The molecule has 0 aliphatic rings. The molecule has 21 heavy (non-hydrogen) atoms. The number of nitrogens with one attached hydrogen (secondary N) is 1. The molecule has 2 atom stereocenters. The summed E-state index contributed by atoms with van der Waals surface area (Å²) in [5, 5.41) is 3.53. The lowest BCUT2D eigenvalue weighted by atomic mass is 9.92. The molecule has 0 saturated heterocycles. The van der Waals surface area contributed by atoms with Crippen LogP contribution in [0, 0.1) is 5.92 Å². The largest absolute Gasteiger partial charge is 0.491 e. The molecule has 0 saturated carbocycles. The van der Waals surface area contributed by atoms with Gasteiger partial charge in [-0.2, -0.15) is 0 Å². The summed E-state index contributed by atoms with van der Waals surface area (Å²) in [6, 6.07) is 8.24. The Morgan fingerprint density at radius 1 is 1.10 bits per heavy atom. The first-order valence-electron chi connectivity index (χ1n) is 7.62. The molecule has 120 valence electrons. The molecule has 1 rings (SSSR count). The molecule has 4 heteroatoms. The Morgan fingerprint density at radius 2 is 1.81 bits per heavy atom. The quantitative estimate of drug-likeness (QED) is 0.674. The molecule has 0 aliphatic carbocycles. The van der Waals surface area contributed by atoms with Gasteiger partial charge in [0.15, 0.2) is 0 Å². The van der Waals surface area contributed by atoms with E-state index >= 15 is 0 Å². The monoisotopic (exact) mass is 295 g/mol. The number of likely N-dealkylation sites (N-methyl/N-ethyl adjacent to an activating group) is 1. The van der Waals surface area contributed by atoms with Crippen LogP contribution < -0.4 is 10.1 Å². The van der Waals surface area contributed by atoms with E-state index in [9.17, 15) is 0 Å². The van der Waals surface area contributed by atoms with Gasteiger partial charge in [-0.25, -0.2) is 0 Å². The lowest BCUT2D eigenvalue weighted by Crippen LogP contribution is -2.36. The summed E-state index contributed by atoms with van der Waals surface area (Å²) < 4.78 is 16.6. The summed E-state index contributed by atoms with van der Waals surface area (Å²) in [5.41, 5.74) is 1.14. The average molecular weight is 295 g/mol. The second-order valence-corrected chi connectivity index (χ2v) is 5.36. The maximum Gasteiger partial charge on any atom is 0.124 e. The van der Waals surface area contributed by atoms with Crippen molar-refractivity contribution in [2.75, 3.05) is 34.0 Å². The highest BCUT2D eigenvalue weighted by Gasteiger charge is 2.27. The third-order valence-electron chi connectivity index (χ3n) is 3.48. The van der Waals surface area contributed by atoms with Crippen molar-refractivity contribution in [3.05, 3.63) is 29.8 Å². The summed E-state index contributed by atoms with van der Waals surface area (Å²) in [7, 11) is 3.44. The van der Waals surface area contributed by atoms with Crippen LogP contribution >= 0.6 is 0 Å². The molecule has 0 bridgehead atoms. The first kappa shape index (κ1) is 18.0. The van der Waals surface area contributed by atoms with Crippen molar-refractivity contribution in [3.63, 3.8) is 0 Å². The number of hydrogen-bond acceptors (Lipinski definition) is 4. The van der Waals surface area contributed by atoms with Gasteiger partial charge in [0.05, 0.1) is 18.8 Å². The van der Waals surface area contributed by atoms with E-state index in [-0.39, 0.29) is 12.1 Å². The summed E-state index contributed by atoms with van der Waals surface area (Å²) >= 11 is 0. The fourth-order valence-electron chi connectivity index (χ4n) is 2.52. The van der Waals surface area contributed by atoms with Gasteiger partial charge in [0.1, 0.15) is 12.4 Å². The fraction of sp³-hybridized carbons (Fsp3) is 0.647. The van der Waals surface area contributed by atoms with E-state index in [0.29, 0.717) is 19.1 Å². The molecule has 0 heterocycles. The number of rotatable bonds is 10. The van der Waals surface area contributed by atoms with Crippen molar-refractivity contribution < 1.29 is 14.2 Å². The molecule has 0 fully saturated rings. The normalized spacial score (nSPS) is 14.2. The first-order chi connectivity index (χ1) is 10.2. The fourth-order valence-corrected chi connectivity index (χ4v) is 2.52. The number of para-hydroxylation sites is 1. The summed E-state index contributed by atoms with van der Waals surface area (Å²) in [6.45, 7) is 8.46. The molecule has 0 radical (unpaired) electrons. The predicted molar refractivity (Wildman–Crippen MR) is 85.9 cm³/mol. The smallest absolute Gasteiger partial charge is 0.124 e. The van der Waals surface area contributed by atoms with E-state index in [1.54, 1.807) is 14.2 Å². The Hall–Kier alpha value is -1.10. The van der Waals surface area contributed by atoms with Gasteiger partial charge in [-0.3, -0.25) is 0 Å².